The van der Waals surface area contributed by atoms with E-state index in [1.54, 1.807) is 0 Å². The van der Waals surface area contributed by atoms with Crippen LogP contribution in [0, 0.1) is 0 Å². The lowest BCUT2D eigenvalue weighted by Gasteiger charge is -2.13. The van der Waals surface area contributed by atoms with Crippen LogP contribution in [0.2, 0.25) is 0 Å². The predicted octanol–water partition coefficient (Wildman–Crippen LogP) is 3.60. The van der Waals surface area contributed by atoms with Crippen LogP contribution >= 0.6 is 0 Å². The molecule has 17 heavy (non-hydrogen) atoms. The molecule has 0 radical (unpaired) electrons. The molecule has 0 N–H and O–H groups in total. The second kappa shape index (κ2) is 6.14. The number of rotatable bonds is 5. The second-order valence-electron chi connectivity index (χ2n) is 4.25. The van der Waals surface area contributed by atoms with Crippen LogP contribution in [0.1, 0.15) is 36.9 Å². The van der Waals surface area contributed by atoms with Crippen molar-refractivity contribution in [2.75, 3.05) is 0 Å². The van der Waals surface area contributed by atoms with Crippen molar-refractivity contribution in [1.29, 1.82) is 0 Å². The molecule has 0 bridgehead atoms. The van der Waals surface area contributed by atoms with Gasteiger partial charge in [0.15, 0.2) is 0 Å². The minimum Gasteiger partial charge on any atom is -0.265 e. The van der Waals surface area contributed by atoms with Crippen LogP contribution in [0.4, 0.5) is 0 Å². The Balaban J connectivity index is 1.97. The second-order valence-corrected chi connectivity index (χ2v) is 4.25. The highest BCUT2D eigenvalue weighted by atomic mass is 14.7. The summed E-state index contributed by atoms with van der Waals surface area (Å²) in [5.41, 5.74) is 2.57. The minimum atomic E-state index is 0.560. The van der Waals surface area contributed by atoms with Gasteiger partial charge in [0.2, 0.25) is 0 Å². The molecule has 0 fully saturated rings. The van der Waals surface area contributed by atoms with Crippen molar-refractivity contribution in [3.8, 4) is 0 Å². The van der Waals surface area contributed by atoms with Crippen molar-refractivity contribution >= 4 is 0 Å². The molecule has 0 saturated carbocycles. The van der Waals surface area contributed by atoms with Crippen molar-refractivity contribution in [2.45, 2.75) is 32.1 Å². The first-order valence-electron chi connectivity index (χ1n) is 6.20. The summed E-state index contributed by atoms with van der Waals surface area (Å²) in [5, 5.41) is 0. The van der Waals surface area contributed by atoms with Crippen LogP contribution in [-0.2, 0) is 6.42 Å². The fourth-order valence-corrected chi connectivity index (χ4v) is 2.07. The summed E-state index contributed by atoms with van der Waals surface area (Å²) in [6, 6.07) is 10.3. The lowest BCUT2D eigenvalue weighted by atomic mass is 9.94. The largest absolute Gasteiger partial charge is 0.265 e. The first-order valence-corrected chi connectivity index (χ1v) is 6.20. The van der Waals surface area contributed by atoms with Crippen molar-refractivity contribution in [3.63, 3.8) is 0 Å². The van der Waals surface area contributed by atoms with E-state index in [2.05, 4.69) is 41.2 Å². The molecular formula is C15H18N2. The van der Waals surface area contributed by atoms with Crippen molar-refractivity contribution in [2.24, 2.45) is 0 Å². The molecule has 88 valence electrons. The molecule has 2 nitrogen and oxygen atoms in total. The van der Waals surface area contributed by atoms with Crippen molar-refractivity contribution < 1.29 is 0 Å². The van der Waals surface area contributed by atoms with Gasteiger partial charge in [-0.05, 0) is 49.1 Å². The zero-order chi connectivity index (χ0) is 11.9. The highest BCUT2D eigenvalue weighted by Crippen LogP contribution is 2.22. The Morgan fingerprint density at radius 3 is 2.53 bits per heavy atom. The fraction of sp³-hybridized carbons (Fsp3) is 0.333. The lowest BCUT2D eigenvalue weighted by Crippen LogP contribution is -2.01. The zero-order valence-electron chi connectivity index (χ0n) is 10.2. The molecule has 2 aromatic heterocycles. The minimum absolute atomic E-state index is 0.560. The SMILES string of the molecule is CCC(CCc1ccncc1)c1ccccn1. The summed E-state index contributed by atoms with van der Waals surface area (Å²) in [4.78, 5) is 8.49. The summed E-state index contributed by atoms with van der Waals surface area (Å²) < 4.78 is 0. The molecule has 1 unspecified atom stereocenters. The van der Waals surface area contributed by atoms with Crippen LogP contribution in [0.15, 0.2) is 48.9 Å². The van der Waals surface area contributed by atoms with Crippen molar-refractivity contribution in [1.82, 2.24) is 9.97 Å². The third-order valence-electron chi connectivity index (χ3n) is 3.13. The fourth-order valence-electron chi connectivity index (χ4n) is 2.07. The standard InChI is InChI=1S/C15H18N2/c1-2-14(15-5-3-4-10-17-15)7-6-13-8-11-16-12-9-13/h3-5,8-12,14H,2,6-7H2,1H3. The molecule has 2 aromatic rings. The van der Waals surface area contributed by atoms with E-state index in [4.69, 9.17) is 0 Å². The van der Waals surface area contributed by atoms with Gasteiger partial charge in [-0.1, -0.05) is 13.0 Å². The smallest absolute Gasteiger partial charge is 0.0434 e. The Morgan fingerprint density at radius 2 is 1.88 bits per heavy atom. The third-order valence-corrected chi connectivity index (χ3v) is 3.13. The van der Waals surface area contributed by atoms with E-state index >= 15 is 0 Å². The van der Waals surface area contributed by atoms with E-state index in [-0.39, 0.29) is 0 Å². The Labute approximate surface area is 103 Å². The molecule has 0 aliphatic heterocycles. The van der Waals surface area contributed by atoms with E-state index in [1.165, 1.54) is 11.3 Å². The van der Waals surface area contributed by atoms with Gasteiger partial charge in [-0.25, -0.2) is 0 Å². The van der Waals surface area contributed by atoms with Gasteiger partial charge in [-0.3, -0.25) is 9.97 Å². The number of hydrogen-bond acceptors (Lipinski definition) is 2. The highest BCUT2D eigenvalue weighted by molar-refractivity contribution is 5.13. The Morgan fingerprint density at radius 1 is 1.06 bits per heavy atom. The zero-order valence-corrected chi connectivity index (χ0v) is 10.2. The van der Waals surface area contributed by atoms with Gasteiger partial charge in [0.25, 0.3) is 0 Å². The average molecular weight is 226 g/mol. The molecule has 0 spiro atoms. The predicted molar refractivity (Wildman–Crippen MR) is 69.8 cm³/mol. The molecule has 2 heterocycles. The van der Waals surface area contributed by atoms with Gasteiger partial charge in [-0.15, -0.1) is 0 Å². The molecular weight excluding hydrogens is 208 g/mol. The van der Waals surface area contributed by atoms with E-state index in [0.717, 1.165) is 19.3 Å². The number of aryl methyl sites for hydroxylation is 1. The maximum atomic E-state index is 4.45. The average Bonchev–Trinajstić information content (AvgIpc) is 2.42. The molecule has 0 saturated heterocycles. The molecule has 2 rings (SSSR count). The van der Waals surface area contributed by atoms with Crippen LogP contribution in [0.5, 0.6) is 0 Å². The molecule has 1 atom stereocenters. The van der Waals surface area contributed by atoms with Gasteiger partial charge >= 0.3 is 0 Å². The van der Waals surface area contributed by atoms with E-state index < -0.39 is 0 Å². The Hall–Kier alpha value is -1.70. The van der Waals surface area contributed by atoms with Crippen LogP contribution < -0.4 is 0 Å². The summed E-state index contributed by atoms with van der Waals surface area (Å²) in [5.74, 6) is 0.560. The van der Waals surface area contributed by atoms with Crippen LogP contribution in [-0.4, -0.2) is 9.97 Å². The van der Waals surface area contributed by atoms with Gasteiger partial charge < -0.3 is 0 Å². The van der Waals surface area contributed by atoms with Crippen LogP contribution in [0.3, 0.4) is 0 Å². The highest BCUT2D eigenvalue weighted by Gasteiger charge is 2.10. The molecule has 0 amide bonds. The summed E-state index contributed by atoms with van der Waals surface area (Å²) in [6.45, 7) is 2.23. The third kappa shape index (κ3) is 3.38. The quantitative estimate of drug-likeness (QED) is 0.778. The van der Waals surface area contributed by atoms with E-state index in [0.29, 0.717) is 5.92 Å². The van der Waals surface area contributed by atoms with Gasteiger partial charge in [0.05, 0.1) is 0 Å². The number of aromatic nitrogens is 2. The normalized spacial score (nSPS) is 12.3. The van der Waals surface area contributed by atoms with Crippen molar-refractivity contribution in [3.05, 3.63) is 60.2 Å². The Kier molecular flexibility index (Phi) is 4.25. The summed E-state index contributed by atoms with van der Waals surface area (Å²) in [7, 11) is 0. The maximum absolute atomic E-state index is 4.45. The topological polar surface area (TPSA) is 25.8 Å². The number of pyridine rings is 2. The van der Waals surface area contributed by atoms with E-state index in [9.17, 15) is 0 Å². The summed E-state index contributed by atoms with van der Waals surface area (Å²) >= 11 is 0. The van der Waals surface area contributed by atoms with Gasteiger partial charge in [0.1, 0.15) is 0 Å². The lowest BCUT2D eigenvalue weighted by molar-refractivity contribution is 0.590. The molecule has 0 aromatic carbocycles. The molecule has 2 heteroatoms. The first-order chi connectivity index (χ1) is 8.40. The number of hydrogen-bond donors (Lipinski definition) is 0. The summed E-state index contributed by atoms with van der Waals surface area (Å²) in [6.07, 6.45) is 8.98. The van der Waals surface area contributed by atoms with Gasteiger partial charge in [0, 0.05) is 30.2 Å². The molecule has 0 aliphatic carbocycles. The molecule has 0 aliphatic rings. The number of nitrogens with zero attached hydrogens (tertiary/aromatic N) is 2. The van der Waals surface area contributed by atoms with E-state index in [1.807, 2.05) is 24.7 Å². The monoisotopic (exact) mass is 226 g/mol. The first kappa shape index (κ1) is 11.8. The van der Waals surface area contributed by atoms with Gasteiger partial charge in [-0.2, -0.15) is 0 Å². The maximum Gasteiger partial charge on any atom is 0.0434 e. The van der Waals surface area contributed by atoms with Crippen LogP contribution in [0.25, 0.3) is 0 Å². The Bertz CT molecular complexity index is 425.